The quantitative estimate of drug-likeness (QED) is 0.529. The van der Waals surface area contributed by atoms with Crippen molar-refractivity contribution in [2.75, 3.05) is 0 Å². The van der Waals surface area contributed by atoms with Crippen LogP contribution in [0.5, 0.6) is 5.88 Å². The van der Waals surface area contributed by atoms with Crippen LogP contribution in [0.3, 0.4) is 0 Å². The highest BCUT2D eigenvalue weighted by atomic mass is 127. The Morgan fingerprint density at radius 3 is 2.78 bits per heavy atom. The topological polar surface area (TPSA) is 72.3 Å². The van der Waals surface area contributed by atoms with Gasteiger partial charge in [0, 0.05) is 6.42 Å². The molecule has 1 atom stereocenters. The molecule has 5 nitrogen and oxygen atoms in total. The molecule has 0 fully saturated rings. The maximum Gasteiger partial charge on any atom is 0.345 e. The zero-order chi connectivity index (χ0) is 16.4. The number of aromatic nitrogens is 2. The summed E-state index contributed by atoms with van der Waals surface area (Å²) in [6.45, 7) is 0. The van der Waals surface area contributed by atoms with Crippen LogP contribution in [-0.2, 0) is 11.2 Å². The number of carbonyl (C=O) groups is 1. The number of nitrogens with zero attached hydrogens (tertiary/aromatic N) is 2. The highest BCUT2D eigenvalue weighted by Gasteiger charge is 2.23. The summed E-state index contributed by atoms with van der Waals surface area (Å²) in [6, 6.07) is 9.38. The Hall–Kier alpha value is -1.26. The number of benzene rings is 1. The first-order chi connectivity index (χ1) is 11.1. The number of ether oxygens (including phenoxy) is 1. The Morgan fingerprint density at radius 2 is 2.09 bits per heavy atom. The summed E-state index contributed by atoms with van der Waals surface area (Å²) in [5.41, 5.74) is 0.895. The molecule has 118 valence electrons. The molecule has 8 heteroatoms. The summed E-state index contributed by atoms with van der Waals surface area (Å²) in [5, 5.41) is 10.2. The van der Waals surface area contributed by atoms with E-state index in [0.29, 0.717) is 5.88 Å². The fourth-order valence-corrected chi connectivity index (χ4v) is 4.49. The summed E-state index contributed by atoms with van der Waals surface area (Å²) in [7, 11) is 0. The van der Waals surface area contributed by atoms with Crippen LogP contribution in [0, 0.1) is 3.57 Å². The van der Waals surface area contributed by atoms with Crippen LogP contribution < -0.4 is 4.74 Å². The lowest BCUT2D eigenvalue weighted by molar-refractivity contribution is -0.145. The summed E-state index contributed by atoms with van der Waals surface area (Å²) in [4.78, 5) is 20.7. The number of hydrogen-bond donors (Lipinski definition) is 1. The van der Waals surface area contributed by atoms with Crippen molar-refractivity contribution in [3.8, 4) is 5.88 Å². The van der Waals surface area contributed by atoms with Gasteiger partial charge in [0.25, 0.3) is 0 Å². The lowest BCUT2D eigenvalue weighted by atomic mass is 10.1. The molecule has 0 radical (unpaired) electrons. The maximum absolute atomic E-state index is 11.6. The van der Waals surface area contributed by atoms with Gasteiger partial charge in [0.1, 0.15) is 11.2 Å². The summed E-state index contributed by atoms with van der Waals surface area (Å²) >= 11 is 7.09. The number of halogens is 2. The minimum atomic E-state index is -1.02. The second-order valence-corrected chi connectivity index (χ2v) is 8.08. The highest BCUT2D eigenvalue weighted by Crippen LogP contribution is 2.39. The first-order valence-electron chi connectivity index (χ1n) is 6.58. The van der Waals surface area contributed by atoms with Crippen molar-refractivity contribution in [1.82, 2.24) is 9.97 Å². The van der Waals surface area contributed by atoms with E-state index in [4.69, 9.17) is 4.74 Å². The van der Waals surface area contributed by atoms with E-state index in [1.54, 1.807) is 0 Å². The van der Waals surface area contributed by atoms with Gasteiger partial charge in [-0.2, -0.15) is 0 Å². The maximum atomic E-state index is 11.6. The lowest BCUT2D eigenvalue weighted by Crippen LogP contribution is -2.29. The van der Waals surface area contributed by atoms with Gasteiger partial charge in [-0.25, -0.2) is 14.8 Å². The summed E-state index contributed by atoms with van der Waals surface area (Å²) in [5.74, 6) is -0.727. The van der Waals surface area contributed by atoms with Gasteiger partial charge < -0.3 is 9.84 Å². The first-order valence-corrected chi connectivity index (χ1v) is 9.27. The lowest BCUT2D eigenvalue weighted by Gasteiger charge is -2.15. The highest BCUT2D eigenvalue weighted by molar-refractivity contribution is 14.1. The molecule has 3 aromatic rings. The minimum Gasteiger partial charge on any atom is -0.478 e. The molecule has 0 amide bonds. The van der Waals surface area contributed by atoms with E-state index in [1.807, 2.05) is 30.3 Å². The monoisotopic (exact) mass is 504 g/mol. The molecule has 0 aliphatic rings. The molecule has 0 bridgehead atoms. The van der Waals surface area contributed by atoms with Crippen molar-refractivity contribution in [1.29, 1.82) is 0 Å². The van der Waals surface area contributed by atoms with E-state index in [-0.39, 0.29) is 6.42 Å². The standard InChI is InChI=1S/C15H10BrIN2O3S/c16-12-11(17)10-13(18-7-19-14(10)23-12)22-9(15(20)21)6-8-4-2-1-3-5-8/h1-5,7,9H,6H2,(H,20,21)/t9-/m1/s1. The van der Waals surface area contributed by atoms with Crippen molar-refractivity contribution >= 4 is 66.0 Å². The second-order valence-electron chi connectivity index (χ2n) is 4.68. The normalized spacial score (nSPS) is 12.3. The molecule has 23 heavy (non-hydrogen) atoms. The van der Waals surface area contributed by atoms with Gasteiger partial charge in [-0.05, 0) is 44.1 Å². The van der Waals surface area contributed by atoms with Gasteiger partial charge >= 0.3 is 5.97 Å². The Balaban J connectivity index is 1.93. The van der Waals surface area contributed by atoms with Crippen molar-refractivity contribution in [3.63, 3.8) is 0 Å². The Kier molecular flexibility index (Phi) is 5.12. The molecule has 0 aliphatic carbocycles. The van der Waals surface area contributed by atoms with Crippen LogP contribution in [0.1, 0.15) is 5.56 Å². The van der Waals surface area contributed by atoms with Crippen molar-refractivity contribution in [3.05, 3.63) is 49.6 Å². The van der Waals surface area contributed by atoms with Crippen LogP contribution in [0.25, 0.3) is 10.2 Å². The van der Waals surface area contributed by atoms with Gasteiger partial charge in [-0.15, -0.1) is 11.3 Å². The average molecular weight is 505 g/mol. The van der Waals surface area contributed by atoms with Crippen molar-refractivity contribution in [2.45, 2.75) is 12.5 Å². The molecular formula is C15H10BrIN2O3S. The molecule has 0 saturated carbocycles. The molecule has 0 spiro atoms. The third-order valence-electron chi connectivity index (χ3n) is 3.15. The molecule has 3 rings (SSSR count). The van der Waals surface area contributed by atoms with Gasteiger partial charge in [-0.3, -0.25) is 0 Å². The minimum absolute atomic E-state index is 0.267. The van der Waals surface area contributed by atoms with Gasteiger partial charge in [0.2, 0.25) is 12.0 Å². The number of carboxylic acid groups (broad SMARTS) is 1. The van der Waals surface area contributed by atoms with Crippen LogP contribution in [-0.4, -0.2) is 27.1 Å². The van der Waals surface area contributed by atoms with E-state index >= 15 is 0 Å². The number of rotatable bonds is 5. The SMILES string of the molecule is O=C(O)[C@@H](Cc1ccccc1)Oc1ncnc2sc(Br)c(I)c12. The fourth-order valence-electron chi connectivity index (χ4n) is 2.08. The van der Waals surface area contributed by atoms with E-state index in [9.17, 15) is 9.90 Å². The zero-order valence-electron chi connectivity index (χ0n) is 11.6. The number of hydrogen-bond acceptors (Lipinski definition) is 5. The Morgan fingerprint density at radius 1 is 1.35 bits per heavy atom. The summed E-state index contributed by atoms with van der Waals surface area (Å²) in [6.07, 6.45) is 0.645. The third kappa shape index (κ3) is 3.64. The molecule has 1 aromatic carbocycles. The molecule has 0 unspecified atom stereocenters. The molecule has 2 heterocycles. The molecule has 0 saturated heterocycles. The van der Waals surface area contributed by atoms with Crippen LogP contribution in [0.2, 0.25) is 0 Å². The second kappa shape index (κ2) is 7.10. The smallest absolute Gasteiger partial charge is 0.345 e. The Labute approximate surface area is 158 Å². The van der Waals surface area contributed by atoms with E-state index < -0.39 is 12.1 Å². The summed E-state index contributed by atoms with van der Waals surface area (Å²) < 4.78 is 7.56. The molecular weight excluding hydrogens is 495 g/mol. The van der Waals surface area contributed by atoms with Gasteiger partial charge in [-0.1, -0.05) is 30.3 Å². The third-order valence-corrected chi connectivity index (χ3v) is 7.10. The van der Waals surface area contributed by atoms with E-state index in [2.05, 4.69) is 48.5 Å². The van der Waals surface area contributed by atoms with E-state index in [0.717, 1.165) is 23.1 Å². The largest absolute Gasteiger partial charge is 0.478 e. The average Bonchev–Trinajstić information content (AvgIpc) is 2.83. The molecule has 2 aromatic heterocycles. The molecule has 0 aliphatic heterocycles. The first kappa shape index (κ1) is 16.6. The number of thiophene rings is 1. The number of fused-ring (bicyclic) bond motifs is 1. The van der Waals surface area contributed by atoms with Crippen molar-refractivity contribution in [2.24, 2.45) is 0 Å². The van der Waals surface area contributed by atoms with Gasteiger partial charge in [0.05, 0.1) is 12.7 Å². The van der Waals surface area contributed by atoms with Crippen LogP contribution in [0.4, 0.5) is 0 Å². The van der Waals surface area contributed by atoms with Gasteiger partial charge in [0.15, 0.2) is 0 Å². The Bertz CT molecular complexity index is 857. The van der Waals surface area contributed by atoms with E-state index in [1.165, 1.54) is 17.7 Å². The predicted molar refractivity (Wildman–Crippen MR) is 100 cm³/mol. The number of carboxylic acids is 1. The molecule has 1 N–H and O–H groups in total. The number of aliphatic carboxylic acids is 1. The zero-order valence-corrected chi connectivity index (χ0v) is 16.1. The predicted octanol–water partition coefficient (Wildman–Crippen LogP) is 4.13. The van der Waals surface area contributed by atoms with Crippen LogP contribution >= 0.6 is 49.9 Å². The van der Waals surface area contributed by atoms with Crippen molar-refractivity contribution < 1.29 is 14.6 Å². The fraction of sp³-hybridized carbons (Fsp3) is 0.133. The van der Waals surface area contributed by atoms with Crippen LogP contribution in [0.15, 0.2) is 40.4 Å².